The Hall–Kier alpha value is -3.30. The summed E-state index contributed by atoms with van der Waals surface area (Å²) < 4.78 is 111. The minimum Gasteiger partial charge on any atom is -0.388 e. The maximum Gasteiger partial charge on any atom is 0.416 e. The Balaban J connectivity index is 1.39. The van der Waals surface area contributed by atoms with Gasteiger partial charge in [-0.05, 0) is 73.1 Å². The Morgan fingerprint density at radius 3 is 2.13 bits per heavy atom. The molecule has 0 bridgehead atoms. The fraction of sp³-hybridized carbons (Fsp3) is 0.595. The van der Waals surface area contributed by atoms with E-state index in [-0.39, 0.29) is 54.7 Å². The van der Waals surface area contributed by atoms with E-state index in [1.54, 1.807) is 12.4 Å². The van der Waals surface area contributed by atoms with E-state index in [1.165, 1.54) is 11.4 Å². The summed E-state index contributed by atoms with van der Waals surface area (Å²) >= 11 is 0. The Morgan fingerprint density at radius 1 is 0.981 bits per heavy atom. The molecule has 0 radical (unpaired) electrons. The van der Waals surface area contributed by atoms with Crippen LogP contribution in [0.1, 0.15) is 128 Å². The number of nitrogens with zero attached hydrogens (tertiary/aromatic N) is 5. The SMILES string of the molecule is CN(Cc1cnc(N2CCC(c3nc4c(c(C5CCC(F)(F)CC5)c3C(F)c3ccc(C(F)(F)F)cc3)[C@@H](O)CC(C)(C)C4)CC2)nc1)S(C)(=O)=O. The number of anilines is 1. The number of aromatic nitrogens is 3. The molecule has 3 aromatic rings. The molecule has 2 atom stereocenters. The molecule has 1 saturated carbocycles. The second-order valence-electron chi connectivity index (χ2n) is 15.5. The van der Waals surface area contributed by atoms with Crippen LogP contribution >= 0.6 is 0 Å². The molecule has 1 unspecified atom stereocenters. The minimum atomic E-state index is -4.61. The lowest BCUT2D eigenvalue weighted by Crippen LogP contribution is -2.36. The summed E-state index contributed by atoms with van der Waals surface area (Å²) in [6.07, 6.45) is -1.99. The molecule has 284 valence electrons. The fourth-order valence-electron chi connectivity index (χ4n) is 8.04. The second-order valence-corrected chi connectivity index (χ2v) is 17.6. The molecule has 3 aliphatic rings. The molecule has 6 rings (SSSR count). The van der Waals surface area contributed by atoms with Gasteiger partial charge in [0.15, 0.2) is 6.17 Å². The molecule has 1 saturated heterocycles. The smallest absolute Gasteiger partial charge is 0.388 e. The molecular formula is C37H45F6N5O3S. The standard InChI is InChI=1S/C37H45F6N5O3S/c1-35(2)17-27-30(28(49)18-35)29(23-9-13-36(39,40)14-10-23)31(32(38)24-5-7-26(8-6-24)37(41,42)43)33(46-27)25-11-15-48(16-12-25)34-44-19-22(20-45-34)21-47(3)52(4,50)51/h5-8,19-20,23,25,28,32,49H,9-18,21H2,1-4H3/t28-,32?/m0/s1. The fourth-order valence-corrected chi connectivity index (χ4v) is 8.42. The highest BCUT2D eigenvalue weighted by molar-refractivity contribution is 7.88. The number of hydrogen-bond acceptors (Lipinski definition) is 7. The summed E-state index contributed by atoms with van der Waals surface area (Å²) in [6.45, 7) is 5.09. The Bertz CT molecular complexity index is 1850. The summed E-state index contributed by atoms with van der Waals surface area (Å²) in [6, 6.07) is 3.92. The van der Waals surface area contributed by atoms with E-state index in [4.69, 9.17) is 4.98 Å². The monoisotopic (exact) mass is 753 g/mol. The third kappa shape index (κ3) is 8.25. The first kappa shape index (κ1) is 38.4. The number of pyridine rings is 1. The van der Waals surface area contributed by atoms with E-state index >= 15 is 4.39 Å². The van der Waals surface area contributed by atoms with Crippen LogP contribution in [0.25, 0.3) is 0 Å². The van der Waals surface area contributed by atoms with Gasteiger partial charge in [-0.25, -0.2) is 35.9 Å². The van der Waals surface area contributed by atoms with Gasteiger partial charge in [0.25, 0.3) is 0 Å². The summed E-state index contributed by atoms with van der Waals surface area (Å²) in [7, 11) is -1.92. The first-order valence-corrected chi connectivity index (χ1v) is 19.5. The number of aliphatic hydroxyl groups is 1. The highest BCUT2D eigenvalue weighted by Crippen LogP contribution is 2.52. The summed E-state index contributed by atoms with van der Waals surface area (Å²) in [5, 5.41) is 11.6. The van der Waals surface area contributed by atoms with Crippen LogP contribution in [0.3, 0.4) is 0 Å². The number of aliphatic hydroxyl groups excluding tert-OH is 1. The molecule has 2 aliphatic carbocycles. The predicted molar refractivity (Wildman–Crippen MR) is 184 cm³/mol. The van der Waals surface area contributed by atoms with Crippen molar-refractivity contribution in [1.29, 1.82) is 0 Å². The summed E-state index contributed by atoms with van der Waals surface area (Å²) in [5.41, 5.74) is 1.60. The van der Waals surface area contributed by atoms with Crippen molar-refractivity contribution in [1.82, 2.24) is 19.3 Å². The number of rotatable bonds is 8. The molecule has 1 aliphatic heterocycles. The lowest BCUT2D eigenvalue weighted by Gasteiger charge is -2.41. The number of sulfonamides is 1. The van der Waals surface area contributed by atoms with Crippen LogP contribution in [-0.2, 0) is 29.2 Å². The molecule has 0 spiro atoms. The molecule has 2 aromatic heterocycles. The van der Waals surface area contributed by atoms with Gasteiger partial charge in [0.05, 0.1) is 23.6 Å². The van der Waals surface area contributed by atoms with E-state index in [0.717, 1.165) is 30.5 Å². The van der Waals surface area contributed by atoms with Crippen molar-refractivity contribution in [2.45, 2.75) is 108 Å². The Kier molecular flexibility index (Phi) is 10.5. The number of hydrogen-bond donors (Lipinski definition) is 1. The average Bonchev–Trinajstić information content (AvgIpc) is 3.06. The van der Waals surface area contributed by atoms with Gasteiger partial charge in [-0.1, -0.05) is 26.0 Å². The summed E-state index contributed by atoms with van der Waals surface area (Å²) in [5.74, 6) is -3.17. The van der Waals surface area contributed by atoms with E-state index in [9.17, 15) is 35.5 Å². The van der Waals surface area contributed by atoms with Crippen molar-refractivity contribution >= 4 is 16.0 Å². The van der Waals surface area contributed by atoms with Gasteiger partial charge in [-0.15, -0.1) is 0 Å². The van der Waals surface area contributed by atoms with Crippen molar-refractivity contribution in [3.8, 4) is 0 Å². The van der Waals surface area contributed by atoms with Crippen molar-refractivity contribution in [3.05, 3.63) is 81.4 Å². The van der Waals surface area contributed by atoms with E-state index < -0.39 is 45.9 Å². The van der Waals surface area contributed by atoms with Crippen LogP contribution in [0.5, 0.6) is 0 Å². The zero-order chi connectivity index (χ0) is 37.8. The van der Waals surface area contributed by atoms with Crippen LogP contribution in [0.4, 0.5) is 32.3 Å². The van der Waals surface area contributed by atoms with E-state index in [2.05, 4.69) is 9.97 Å². The highest BCUT2D eigenvalue weighted by atomic mass is 32.2. The maximum absolute atomic E-state index is 17.2. The number of alkyl halides is 6. The van der Waals surface area contributed by atoms with Crippen molar-refractivity contribution < 1.29 is 39.9 Å². The third-order valence-electron chi connectivity index (χ3n) is 10.9. The zero-order valence-electron chi connectivity index (χ0n) is 29.7. The number of fused-ring (bicyclic) bond motifs is 1. The third-order valence-corrected chi connectivity index (χ3v) is 12.1. The van der Waals surface area contributed by atoms with Crippen molar-refractivity contribution in [2.24, 2.45) is 5.41 Å². The van der Waals surface area contributed by atoms with Gasteiger partial charge in [0.1, 0.15) is 0 Å². The van der Waals surface area contributed by atoms with E-state index in [1.807, 2.05) is 18.7 Å². The minimum absolute atomic E-state index is 0.00328. The quantitative estimate of drug-likeness (QED) is 0.233. The van der Waals surface area contributed by atoms with Crippen LogP contribution in [0.2, 0.25) is 0 Å². The molecule has 3 heterocycles. The number of piperidine rings is 1. The van der Waals surface area contributed by atoms with Gasteiger partial charge in [0.2, 0.25) is 21.9 Å². The molecular weight excluding hydrogens is 708 g/mol. The first-order chi connectivity index (χ1) is 24.2. The Labute approximate surface area is 300 Å². The van der Waals surface area contributed by atoms with Crippen LogP contribution < -0.4 is 4.90 Å². The lowest BCUT2D eigenvalue weighted by molar-refractivity contribution is -0.137. The lowest BCUT2D eigenvalue weighted by atomic mass is 9.68. The molecule has 8 nitrogen and oxygen atoms in total. The molecule has 15 heteroatoms. The molecule has 1 N–H and O–H groups in total. The van der Waals surface area contributed by atoms with Gasteiger partial charge in [-0.3, -0.25) is 4.98 Å². The van der Waals surface area contributed by atoms with Gasteiger partial charge in [-0.2, -0.15) is 13.2 Å². The first-order valence-electron chi connectivity index (χ1n) is 17.6. The summed E-state index contributed by atoms with van der Waals surface area (Å²) in [4.78, 5) is 16.0. The van der Waals surface area contributed by atoms with Crippen LogP contribution in [-0.4, -0.2) is 65.1 Å². The van der Waals surface area contributed by atoms with Crippen molar-refractivity contribution in [3.63, 3.8) is 0 Å². The number of halogens is 6. The number of benzene rings is 1. The average molecular weight is 754 g/mol. The maximum atomic E-state index is 17.2. The zero-order valence-corrected chi connectivity index (χ0v) is 30.5. The molecule has 2 fully saturated rings. The second kappa shape index (κ2) is 14.2. The van der Waals surface area contributed by atoms with Gasteiger partial charge >= 0.3 is 6.18 Å². The molecule has 0 amide bonds. The van der Waals surface area contributed by atoms with Crippen LogP contribution in [0, 0.1) is 5.41 Å². The van der Waals surface area contributed by atoms with Gasteiger partial charge < -0.3 is 10.0 Å². The normalized spacial score (nSPS) is 22.0. The topological polar surface area (TPSA) is 99.5 Å². The molecule has 52 heavy (non-hydrogen) atoms. The predicted octanol–water partition coefficient (Wildman–Crippen LogP) is 8.02. The largest absolute Gasteiger partial charge is 0.416 e. The molecule has 1 aromatic carbocycles. The van der Waals surface area contributed by atoms with Crippen LogP contribution in [0.15, 0.2) is 36.7 Å². The highest BCUT2D eigenvalue weighted by Gasteiger charge is 2.44. The van der Waals surface area contributed by atoms with Gasteiger partial charge in [0, 0.05) is 80.2 Å². The van der Waals surface area contributed by atoms with Crippen molar-refractivity contribution in [2.75, 3.05) is 31.3 Å². The Morgan fingerprint density at radius 2 is 1.58 bits per heavy atom. The van der Waals surface area contributed by atoms with E-state index in [0.29, 0.717) is 72.8 Å².